The van der Waals surface area contributed by atoms with Crippen LogP contribution >= 0.6 is 0 Å². The molecule has 4 nitrogen and oxygen atoms in total. The van der Waals surface area contributed by atoms with E-state index in [-0.39, 0.29) is 6.04 Å². The maximum atomic E-state index is 12.7. The number of hydrogen-bond donors (Lipinski definition) is 2. The molecular weight excluding hydrogens is 284 g/mol. The zero-order chi connectivity index (χ0) is 15.6. The van der Waals surface area contributed by atoms with Crippen LogP contribution in [0, 0.1) is 19.8 Å². The Labute approximate surface area is 128 Å². The Morgan fingerprint density at radius 2 is 1.81 bits per heavy atom. The van der Waals surface area contributed by atoms with E-state index in [9.17, 15) is 8.42 Å². The summed E-state index contributed by atoms with van der Waals surface area (Å²) in [6.45, 7) is 5.74. The Morgan fingerprint density at radius 1 is 1.24 bits per heavy atom. The molecule has 1 aromatic rings. The first-order valence-corrected chi connectivity index (χ1v) is 9.17. The summed E-state index contributed by atoms with van der Waals surface area (Å²) >= 11 is 0. The minimum Gasteiger partial charge on any atom is -0.388 e. The molecule has 21 heavy (non-hydrogen) atoms. The summed E-state index contributed by atoms with van der Waals surface area (Å²) in [5, 5.41) is 3.06. The average Bonchev–Trinajstić information content (AvgIpc) is 3.20. The molecule has 0 heterocycles. The van der Waals surface area contributed by atoms with Crippen molar-refractivity contribution < 1.29 is 8.42 Å². The molecule has 1 atom stereocenters. The second kappa shape index (κ2) is 6.36. The van der Waals surface area contributed by atoms with Crippen molar-refractivity contribution in [3.63, 3.8) is 0 Å². The largest absolute Gasteiger partial charge is 0.388 e. The second-order valence-corrected chi connectivity index (χ2v) is 7.75. The number of benzene rings is 1. The molecule has 1 fully saturated rings. The first kappa shape index (κ1) is 16.3. The summed E-state index contributed by atoms with van der Waals surface area (Å²) in [4.78, 5) is 0.427. The lowest BCUT2D eigenvalue weighted by Crippen LogP contribution is -2.35. The molecule has 0 saturated heterocycles. The Kier molecular flexibility index (Phi) is 4.94. The molecule has 0 aromatic heterocycles. The third-order valence-corrected chi connectivity index (χ3v) is 5.97. The van der Waals surface area contributed by atoms with E-state index in [1.807, 2.05) is 40.0 Å². The predicted molar refractivity (Wildman–Crippen MR) is 87.2 cm³/mol. The van der Waals surface area contributed by atoms with E-state index in [1.165, 1.54) is 12.8 Å². The fraction of sp³-hybridized carbons (Fsp3) is 0.625. The smallest absolute Gasteiger partial charge is 0.241 e. The number of nitrogens with one attached hydrogen (secondary N) is 2. The van der Waals surface area contributed by atoms with E-state index in [2.05, 4.69) is 10.0 Å². The fourth-order valence-corrected chi connectivity index (χ4v) is 4.64. The van der Waals surface area contributed by atoms with Crippen LogP contribution in [0.15, 0.2) is 17.0 Å². The van der Waals surface area contributed by atoms with Crippen molar-refractivity contribution in [2.75, 3.05) is 12.4 Å². The van der Waals surface area contributed by atoms with Gasteiger partial charge in [0.15, 0.2) is 0 Å². The van der Waals surface area contributed by atoms with Gasteiger partial charge in [0.1, 0.15) is 0 Å². The van der Waals surface area contributed by atoms with E-state index in [0.29, 0.717) is 10.8 Å². The van der Waals surface area contributed by atoms with Crippen molar-refractivity contribution >= 4 is 15.7 Å². The van der Waals surface area contributed by atoms with Crippen LogP contribution in [0.5, 0.6) is 0 Å². The van der Waals surface area contributed by atoms with E-state index >= 15 is 0 Å². The lowest BCUT2D eigenvalue weighted by Gasteiger charge is -2.19. The van der Waals surface area contributed by atoms with Gasteiger partial charge in [0.05, 0.1) is 4.90 Å². The molecule has 1 aliphatic carbocycles. The topological polar surface area (TPSA) is 58.2 Å². The van der Waals surface area contributed by atoms with Gasteiger partial charge in [0, 0.05) is 18.8 Å². The highest BCUT2D eigenvalue weighted by Gasteiger charge is 2.28. The SMILES string of the molecule is CCC(CC1CC1)NS(=O)(=O)c1c(C)cc(NC)cc1C. The van der Waals surface area contributed by atoms with Crippen molar-refractivity contribution in [1.29, 1.82) is 0 Å². The molecular formula is C16H26N2O2S. The molecule has 118 valence electrons. The van der Waals surface area contributed by atoms with Gasteiger partial charge in [-0.1, -0.05) is 19.8 Å². The van der Waals surface area contributed by atoms with Crippen LogP contribution in [0.4, 0.5) is 5.69 Å². The Hall–Kier alpha value is -1.07. The zero-order valence-electron chi connectivity index (χ0n) is 13.4. The van der Waals surface area contributed by atoms with Gasteiger partial charge in [-0.25, -0.2) is 13.1 Å². The number of rotatable bonds is 7. The molecule has 0 spiro atoms. The van der Waals surface area contributed by atoms with Crippen LogP contribution in [0.2, 0.25) is 0 Å². The van der Waals surface area contributed by atoms with E-state index in [1.54, 1.807) is 0 Å². The summed E-state index contributed by atoms with van der Waals surface area (Å²) in [5.74, 6) is 0.714. The van der Waals surface area contributed by atoms with Crippen molar-refractivity contribution in [1.82, 2.24) is 4.72 Å². The first-order valence-electron chi connectivity index (χ1n) is 7.68. The fourth-order valence-electron chi connectivity index (χ4n) is 2.85. The molecule has 0 aliphatic heterocycles. The summed E-state index contributed by atoms with van der Waals surface area (Å²) in [6.07, 6.45) is 4.28. The van der Waals surface area contributed by atoms with Crippen LogP contribution in [0.25, 0.3) is 0 Å². The summed E-state index contributed by atoms with van der Waals surface area (Å²) < 4.78 is 28.3. The second-order valence-electron chi connectivity index (χ2n) is 6.09. The van der Waals surface area contributed by atoms with Gasteiger partial charge in [-0.3, -0.25) is 0 Å². The maximum absolute atomic E-state index is 12.7. The van der Waals surface area contributed by atoms with E-state index in [4.69, 9.17) is 0 Å². The predicted octanol–water partition coefficient (Wildman–Crippen LogP) is 3.20. The number of anilines is 1. The quantitative estimate of drug-likeness (QED) is 0.813. The van der Waals surface area contributed by atoms with Gasteiger partial charge in [0.2, 0.25) is 10.0 Å². The van der Waals surface area contributed by atoms with Gasteiger partial charge in [0.25, 0.3) is 0 Å². The van der Waals surface area contributed by atoms with Crippen molar-refractivity contribution in [2.24, 2.45) is 5.92 Å². The lowest BCUT2D eigenvalue weighted by molar-refractivity contribution is 0.495. The molecule has 1 aromatic carbocycles. The molecule has 5 heteroatoms. The first-order chi connectivity index (χ1) is 9.87. The summed E-state index contributed by atoms with van der Waals surface area (Å²) in [5.41, 5.74) is 2.51. The number of hydrogen-bond acceptors (Lipinski definition) is 3. The van der Waals surface area contributed by atoms with Crippen molar-refractivity contribution in [3.8, 4) is 0 Å². The number of aryl methyl sites for hydroxylation is 2. The Morgan fingerprint density at radius 3 is 2.24 bits per heavy atom. The molecule has 0 bridgehead atoms. The monoisotopic (exact) mass is 310 g/mol. The summed E-state index contributed by atoms with van der Waals surface area (Å²) in [7, 11) is -1.62. The minimum atomic E-state index is -3.45. The molecule has 2 rings (SSSR count). The van der Waals surface area contributed by atoms with Gasteiger partial charge >= 0.3 is 0 Å². The molecule has 2 N–H and O–H groups in total. The zero-order valence-corrected chi connectivity index (χ0v) is 14.2. The van der Waals surface area contributed by atoms with E-state index < -0.39 is 10.0 Å². The maximum Gasteiger partial charge on any atom is 0.241 e. The highest BCUT2D eigenvalue weighted by atomic mass is 32.2. The lowest BCUT2D eigenvalue weighted by atomic mass is 10.1. The Bertz CT molecular complexity index is 584. The molecule has 1 aliphatic rings. The van der Waals surface area contributed by atoms with Crippen LogP contribution in [-0.2, 0) is 10.0 Å². The normalized spacial score (nSPS) is 16.8. The molecule has 1 unspecified atom stereocenters. The van der Waals surface area contributed by atoms with Gasteiger partial charge in [-0.05, 0) is 55.9 Å². The number of sulfonamides is 1. The Balaban J connectivity index is 2.25. The third kappa shape index (κ3) is 3.98. The van der Waals surface area contributed by atoms with Gasteiger partial charge in [-0.15, -0.1) is 0 Å². The standard InChI is InChI=1S/C16H26N2O2S/c1-5-14(10-13-6-7-13)18-21(19,20)16-11(2)8-15(17-4)9-12(16)3/h8-9,13-14,17-18H,5-7,10H2,1-4H3. The van der Waals surface area contributed by atoms with Gasteiger partial charge < -0.3 is 5.32 Å². The minimum absolute atomic E-state index is 0.0466. The average molecular weight is 310 g/mol. The van der Waals surface area contributed by atoms with Crippen LogP contribution in [0.1, 0.15) is 43.7 Å². The summed E-state index contributed by atoms with van der Waals surface area (Å²) in [6, 6.07) is 3.80. The van der Waals surface area contributed by atoms with Crippen LogP contribution in [-0.4, -0.2) is 21.5 Å². The van der Waals surface area contributed by atoms with Crippen molar-refractivity contribution in [3.05, 3.63) is 23.3 Å². The molecule has 0 amide bonds. The van der Waals surface area contributed by atoms with Crippen molar-refractivity contribution in [2.45, 2.75) is 57.4 Å². The van der Waals surface area contributed by atoms with Crippen LogP contribution in [0.3, 0.4) is 0 Å². The highest BCUT2D eigenvalue weighted by Crippen LogP contribution is 2.34. The van der Waals surface area contributed by atoms with Crippen LogP contribution < -0.4 is 10.0 Å². The van der Waals surface area contributed by atoms with E-state index in [0.717, 1.165) is 29.7 Å². The van der Waals surface area contributed by atoms with Gasteiger partial charge in [-0.2, -0.15) is 0 Å². The molecule has 0 radical (unpaired) electrons. The molecule has 1 saturated carbocycles. The highest BCUT2D eigenvalue weighted by molar-refractivity contribution is 7.89. The third-order valence-electron chi connectivity index (χ3n) is 4.15.